The first-order valence-electron chi connectivity index (χ1n) is 12.2. The minimum Gasteiger partial charge on any atom is -0.393 e. The van der Waals surface area contributed by atoms with E-state index in [0.717, 1.165) is 0 Å². The van der Waals surface area contributed by atoms with Gasteiger partial charge < -0.3 is 20.3 Å². The number of hydrogen-bond acceptors (Lipinski definition) is 5. The number of nitrogens with zero attached hydrogens (tertiary/aromatic N) is 2. The quantitative estimate of drug-likeness (QED) is 0.344. The van der Waals surface area contributed by atoms with Crippen LogP contribution < -0.4 is 10.6 Å². The van der Waals surface area contributed by atoms with Crippen LogP contribution in [0, 0.1) is 19.7 Å². The van der Waals surface area contributed by atoms with Gasteiger partial charge in [-0.25, -0.2) is 4.39 Å². The number of aliphatic hydroxyl groups excluding tert-OH is 1. The van der Waals surface area contributed by atoms with Gasteiger partial charge in [0.1, 0.15) is 5.82 Å². The maximum Gasteiger partial charge on any atom is 0.294 e. The molecule has 1 aliphatic rings. The second kappa shape index (κ2) is 10.3. The van der Waals surface area contributed by atoms with Crippen LogP contribution in [-0.2, 0) is 11.8 Å². The first kappa shape index (κ1) is 26.2. The Morgan fingerprint density at radius 3 is 2.49 bits per heavy atom. The molecule has 2 heterocycles. The number of rotatable bonds is 6. The highest BCUT2D eigenvalue weighted by Gasteiger charge is 2.36. The molecule has 0 saturated heterocycles. The lowest BCUT2D eigenvalue weighted by Crippen LogP contribution is -2.51. The van der Waals surface area contributed by atoms with Crippen molar-refractivity contribution in [3.63, 3.8) is 0 Å². The Labute approximate surface area is 214 Å². The monoisotopic (exact) mass is 506 g/mol. The van der Waals surface area contributed by atoms with Crippen molar-refractivity contribution in [1.29, 1.82) is 0 Å². The van der Waals surface area contributed by atoms with Gasteiger partial charge in [0.2, 0.25) is 0 Å². The van der Waals surface area contributed by atoms with Crippen LogP contribution in [0.3, 0.4) is 0 Å². The molecule has 8 nitrogen and oxygen atoms in total. The van der Waals surface area contributed by atoms with Crippen LogP contribution >= 0.6 is 0 Å². The molecule has 1 fully saturated rings. The predicted molar refractivity (Wildman–Crippen MR) is 138 cm³/mol. The molecule has 194 valence electrons. The van der Waals surface area contributed by atoms with Crippen molar-refractivity contribution in [3.05, 3.63) is 70.9 Å². The zero-order valence-electron chi connectivity index (χ0n) is 21.4. The fraction of sp³-hybridized carbons (Fsp3) is 0.357. The van der Waals surface area contributed by atoms with E-state index in [1.165, 1.54) is 18.2 Å². The van der Waals surface area contributed by atoms with E-state index in [4.69, 9.17) is 0 Å². The molecule has 3 N–H and O–H groups in total. The summed E-state index contributed by atoms with van der Waals surface area (Å²) in [7, 11) is 1.63. The summed E-state index contributed by atoms with van der Waals surface area (Å²) in [6.07, 6.45) is 5.00. The fourth-order valence-electron chi connectivity index (χ4n) is 4.99. The predicted octanol–water partition coefficient (Wildman–Crippen LogP) is 4.09. The number of halogens is 1. The molecule has 37 heavy (non-hydrogen) atoms. The zero-order chi connectivity index (χ0) is 26.9. The number of Topliss-reactive ketones (excluding diaryl/α,β-unsaturated/α-hetero) is 1. The van der Waals surface area contributed by atoms with Crippen LogP contribution in [-0.4, -0.2) is 43.9 Å². The number of benzene rings is 1. The molecule has 2 amide bonds. The number of amides is 2. The minimum absolute atomic E-state index is 0.0937. The maximum absolute atomic E-state index is 13.7. The van der Waals surface area contributed by atoms with E-state index in [1.54, 1.807) is 50.0 Å². The summed E-state index contributed by atoms with van der Waals surface area (Å²) in [5, 5.41) is 15.5. The lowest BCUT2D eigenvalue weighted by molar-refractivity contribution is -0.119. The first-order chi connectivity index (χ1) is 17.5. The molecule has 0 bridgehead atoms. The molecule has 1 aliphatic carbocycles. The molecule has 4 rings (SSSR count). The summed E-state index contributed by atoms with van der Waals surface area (Å²) in [4.78, 5) is 44.2. The molecule has 0 atom stereocenters. The topological polar surface area (TPSA) is 113 Å². The van der Waals surface area contributed by atoms with Gasteiger partial charge in [-0.2, -0.15) is 0 Å². The van der Waals surface area contributed by atoms with Gasteiger partial charge in [0, 0.05) is 36.2 Å². The van der Waals surface area contributed by atoms with Gasteiger partial charge in [-0.15, -0.1) is 0 Å². The number of pyridine rings is 1. The lowest BCUT2D eigenvalue weighted by Gasteiger charge is -2.36. The second-order valence-corrected chi connectivity index (χ2v) is 9.99. The van der Waals surface area contributed by atoms with Crippen molar-refractivity contribution in [3.8, 4) is 11.3 Å². The molecule has 0 radical (unpaired) electrons. The Morgan fingerprint density at radius 1 is 1.16 bits per heavy atom. The SMILES string of the molecule is Cc1cc(NC(=O)c2c(C)c(C(=O)C(=O)NC3(C)CCC(O)CC3)n(C)c2-c2cccnc2)ccc1F. The normalized spacial score (nSPS) is 19.4. The van der Waals surface area contributed by atoms with Crippen LogP contribution in [0.1, 0.15) is 64.6 Å². The van der Waals surface area contributed by atoms with Crippen LogP contribution in [0.4, 0.5) is 10.1 Å². The molecule has 0 aliphatic heterocycles. The van der Waals surface area contributed by atoms with E-state index < -0.39 is 29.2 Å². The van der Waals surface area contributed by atoms with Gasteiger partial charge >= 0.3 is 0 Å². The Morgan fingerprint density at radius 2 is 1.86 bits per heavy atom. The summed E-state index contributed by atoms with van der Waals surface area (Å²) in [6, 6.07) is 7.74. The number of carbonyl (C=O) groups excluding carboxylic acids is 3. The molecule has 3 aromatic rings. The molecular formula is C28H31FN4O4. The van der Waals surface area contributed by atoms with Crippen molar-refractivity contribution < 1.29 is 23.9 Å². The van der Waals surface area contributed by atoms with E-state index in [-0.39, 0.29) is 17.1 Å². The summed E-state index contributed by atoms with van der Waals surface area (Å²) >= 11 is 0. The van der Waals surface area contributed by atoms with Crippen molar-refractivity contribution in [2.45, 2.75) is 58.1 Å². The highest BCUT2D eigenvalue weighted by atomic mass is 19.1. The van der Waals surface area contributed by atoms with E-state index in [1.807, 2.05) is 6.92 Å². The van der Waals surface area contributed by atoms with E-state index in [2.05, 4.69) is 15.6 Å². The molecule has 2 aromatic heterocycles. The van der Waals surface area contributed by atoms with Crippen molar-refractivity contribution in [2.75, 3.05) is 5.32 Å². The number of aromatic nitrogens is 2. The number of hydrogen-bond donors (Lipinski definition) is 3. The van der Waals surface area contributed by atoms with Crippen LogP contribution in [0.25, 0.3) is 11.3 Å². The van der Waals surface area contributed by atoms with Gasteiger partial charge in [0.25, 0.3) is 17.6 Å². The average Bonchev–Trinajstić information content (AvgIpc) is 3.13. The highest BCUT2D eigenvalue weighted by Crippen LogP contribution is 2.33. The van der Waals surface area contributed by atoms with E-state index >= 15 is 0 Å². The molecule has 1 aromatic carbocycles. The summed E-state index contributed by atoms with van der Waals surface area (Å²) in [5.41, 5.74) is 1.89. The Hall–Kier alpha value is -3.85. The molecule has 0 unspecified atom stereocenters. The smallest absolute Gasteiger partial charge is 0.294 e. The largest absolute Gasteiger partial charge is 0.393 e. The third-order valence-corrected chi connectivity index (χ3v) is 7.11. The van der Waals surface area contributed by atoms with E-state index in [0.29, 0.717) is 53.8 Å². The number of ketones is 1. The fourth-order valence-corrected chi connectivity index (χ4v) is 4.99. The second-order valence-electron chi connectivity index (χ2n) is 9.99. The first-order valence-corrected chi connectivity index (χ1v) is 12.2. The third kappa shape index (κ3) is 5.32. The van der Waals surface area contributed by atoms with Crippen molar-refractivity contribution >= 4 is 23.3 Å². The van der Waals surface area contributed by atoms with Crippen molar-refractivity contribution in [1.82, 2.24) is 14.9 Å². The Balaban J connectivity index is 1.72. The number of nitrogens with one attached hydrogen (secondary N) is 2. The third-order valence-electron chi connectivity index (χ3n) is 7.11. The number of anilines is 1. The van der Waals surface area contributed by atoms with Gasteiger partial charge in [0.05, 0.1) is 23.1 Å². The average molecular weight is 507 g/mol. The summed E-state index contributed by atoms with van der Waals surface area (Å²) < 4.78 is 15.3. The Kier molecular flexibility index (Phi) is 7.27. The van der Waals surface area contributed by atoms with Crippen LogP contribution in [0.2, 0.25) is 0 Å². The number of aliphatic hydroxyl groups is 1. The number of aryl methyl sites for hydroxylation is 1. The minimum atomic E-state index is -0.763. The summed E-state index contributed by atoms with van der Waals surface area (Å²) in [5.74, 6) is -2.40. The lowest BCUT2D eigenvalue weighted by atomic mass is 9.82. The van der Waals surface area contributed by atoms with Crippen molar-refractivity contribution in [2.24, 2.45) is 7.05 Å². The van der Waals surface area contributed by atoms with Crippen LogP contribution in [0.15, 0.2) is 42.7 Å². The number of carbonyl (C=O) groups is 3. The van der Waals surface area contributed by atoms with Gasteiger partial charge in [0.15, 0.2) is 0 Å². The highest BCUT2D eigenvalue weighted by molar-refractivity contribution is 6.43. The zero-order valence-corrected chi connectivity index (χ0v) is 21.4. The van der Waals surface area contributed by atoms with Gasteiger partial charge in [-0.1, -0.05) is 0 Å². The molecule has 9 heteroatoms. The molecule has 1 saturated carbocycles. The van der Waals surface area contributed by atoms with Crippen LogP contribution in [0.5, 0.6) is 0 Å². The van der Waals surface area contributed by atoms with Gasteiger partial charge in [-0.3, -0.25) is 19.4 Å². The Bertz CT molecular complexity index is 1360. The maximum atomic E-state index is 13.7. The van der Waals surface area contributed by atoms with Gasteiger partial charge in [-0.05, 0) is 87.9 Å². The molecule has 0 spiro atoms. The standard InChI is InChI=1S/C28H31FN4O4/c1-16-14-19(7-8-21(16)29)31-26(36)22-17(2)23(33(4)24(22)18-6-5-13-30-15-18)25(35)27(37)32-28(3)11-9-20(34)10-12-28/h5-8,13-15,20,34H,9-12H2,1-4H3,(H,31,36)(H,32,37). The molecular weight excluding hydrogens is 475 g/mol. The summed E-state index contributed by atoms with van der Waals surface area (Å²) in [6.45, 7) is 5.10. The van der Waals surface area contributed by atoms with E-state index in [9.17, 15) is 23.9 Å².